The first-order valence-electron chi connectivity index (χ1n) is 11.9. The molecule has 4 rings (SSSR count). The fraction of sp³-hybridized carbons (Fsp3) is 0.440. The van der Waals surface area contributed by atoms with E-state index in [0.29, 0.717) is 16.4 Å². The van der Waals surface area contributed by atoms with Crippen LogP contribution in [-0.2, 0) is 24.6 Å². The Bertz CT molecular complexity index is 1240. The van der Waals surface area contributed by atoms with Crippen molar-refractivity contribution in [1.82, 2.24) is 15.2 Å². The van der Waals surface area contributed by atoms with E-state index in [1.165, 1.54) is 40.5 Å². The van der Waals surface area contributed by atoms with E-state index >= 15 is 0 Å². The average Bonchev–Trinajstić information content (AvgIpc) is 3.47. The number of aliphatic carboxylic acids is 1. The number of hydrogen-bond acceptors (Lipinski definition) is 9. The molecule has 2 aliphatic heterocycles. The van der Waals surface area contributed by atoms with Crippen LogP contribution >= 0.6 is 11.3 Å². The average molecular weight is 553 g/mol. The quantitative estimate of drug-likeness (QED) is 0.433. The molecule has 1 aromatic heterocycles. The highest BCUT2D eigenvalue weighted by molar-refractivity contribution is 7.11. The number of nitrogens with zero attached hydrogens (tertiary/aromatic N) is 3. The fourth-order valence-corrected chi connectivity index (χ4v) is 5.26. The Balaban J connectivity index is 1.79. The first-order valence-corrected chi connectivity index (χ1v) is 12.8. The van der Waals surface area contributed by atoms with Gasteiger partial charge < -0.3 is 19.9 Å². The lowest BCUT2D eigenvalue weighted by Gasteiger charge is -2.36. The Morgan fingerprint density at radius 3 is 2.66 bits per heavy atom. The van der Waals surface area contributed by atoms with Crippen LogP contribution in [0.2, 0.25) is 0 Å². The highest BCUT2D eigenvalue weighted by Gasteiger charge is 2.48. The van der Waals surface area contributed by atoms with E-state index in [4.69, 9.17) is 19.6 Å². The number of ether oxygens (including phenoxy) is 2. The van der Waals surface area contributed by atoms with Crippen molar-refractivity contribution in [3.05, 3.63) is 63.5 Å². The number of benzene rings is 1. The molecular formula is C25H27F3N4O5S. The number of halogens is 3. The molecular weight excluding hydrogens is 525 g/mol. The van der Waals surface area contributed by atoms with Crippen LogP contribution in [0, 0.1) is 5.82 Å². The van der Waals surface area contributed by atoms with Gasteiger partial charge in [-0.1, -0.05) is 12.1 Å². The van der Waals surface area contributed by atoms with Crippen molar-refractivity contribution in [2.75, 3.05) is 32.9 Å². The number of hydrogen-bond donors (Lipinski definition) is 2. The molecule has 0 spiro atoms. The number of aromatic nitrogens is 1. The number of thiazole rings is 1. The van der Waals surface area contributed by atoms with Crippen molar-refractivity contribution < 1.29 is 37.3 Å². The molecule has 0 amide bonds. The third kappa shape index (κ3) is 6.05. The zero-order chi connectivity index (χ0) is 27.5. The van der Waals surface area contributed by atoms with Gasteiger partial charge in [0.1, 0.15) is 18.0 Å². The number of rotatable bonds is 10. The molecule has 2 atom stereocenters. The van der Waals surface area contributed by atoms with Crippen LogP contribution < -0.4 is 5.32 Å². The molecule has 1 saturated heterocycles. The van der Waals surface area contributed by atoms with Crippen LogP contribution in [0.15, 0.2) is 52.1 Å². The van der Waals surface area contributed by atoms with E-state index in [2.05, 4.69) is 10.3 Å². The largest absolute Gasteiger partial charge is 0.480 e. The summed E-state index contributed by atoms with van der Waals surface area (Å²) in [5.74, 6) is -5.10. The molecule has 2 aliphatic rings. The number of carbonyl (C=O) groups is 2. The first-order chi connectivity index (χ1) is 18.0. The summed E-state index contributed by atoms with van der Waals surface area (Å²) in [7, 11) is 0. The second-order valence-electron chi connectivity index (χ2n) is 9.10. The summed E-state index contributed by atoms with van der Waals surface area (Å²) in [5, 5.41) is 14.2. The minimum absolute atomic E-state index is 0.0611. The summed E-state index contributed by atoms with van der Waals surface area (Å²) in [4.78, 5) is 34.8. The maximum absolute atomic E-state index is 14.5. The minimum Gasteiger partial charge on any atom is -0.480 e. The Morgan fingerprint density at radius 2 is 2.03 bits per heavy atom. The number of carboxylic acid groups (broad SMARTS) is 1. The molecule has 3 heterocycles. The van der Waals surface area contributed by atoms with Gasteiger partial charge in [-0.25, -0.2) is 32.7 Å². The molecule has 1 aromatic carbocycles. The zero-order valence-corrected chi connectivity index (χ0v) is 21.6. The number of amidine groups is 1. The van der Waals surface area contributed by atoms with E-state index in [0.717, 1.165) is 0 Å². The minimum atomic E-state index is -3.04. The van der Waals surface area contributed by atoms with Gasteiger partial charge in [0.25, 0.3) is 5.92 Å². The normalized spacial score (nSPS) is 23.2. The summed E-state index contributed by atoms with van der Waals surface area (Å²) >= 11 is 1.29. The van der Waals surface area contributed by atoms with Gasteiger partial charge in [-0.15, -0.1) is 11.3 Å². The maximum atomic E-state index is 14.5. The Morgan fingerprint density at radius 1 is 1.29 bits per heavy atom. The van der Waals surface area contributed by atoms with Crippen molar-refractivity contribution in [2.24, 2.45) is 4.99 Å². The van der Waals surface area contributed by atoms with Gasteiger partial charge in [0.15, 0.2) is 10.8 Å². The van der Waals surface area contributed by atoms with Crippen molar-refractivity contribution in [1.29, 1.82) is 0 Å². The number of alkyl halides is 2. The third-order valence-electron chi connectivity index (χ3n) is 6.30. The monoisotopic (exact) mass is 552 g/mol. The molecule has 0 bridgehead atoms. The number of esters is 1. The van der Waals surface area contributed by atoms with E-state index in [1.807, 2.05) is 0 Å². The zero-order valence-electron chi connectivity index (χ0n) is 20.7. The SMILES string of the molecule is CCOC(=O)C1=C(CN2CC(F)(F)CC2COCC(=O)O)NC(c2nccs2)=N[C@@]1(C)c1ccc(F)cc1. The van der Waals surface area contributed by atoms with E-state index < -0.39 is 54.8 Å². The molecule has 0 radical (unpaired) electrons. The summed E-state index contributed by atoms with van der Waals surface area (Å²) in [6.07, 6.45) is 1.05. The van der Waals surface area contributed by atoms with Crippen molar-refractivity contribution in [3.8, 4) is 0 Å². The Labute approximate surface area is 221 Å². The highest BCUT2D eigenvalue weighted by Crippen LogP contribution is 2.40. The summed E-state index contributed by atoms with van der Waals surface area (Å²) in [5.41, 5.74) is -0.509. The predicted molar refractivity (Wildman–Crippen MR) is 133 cm³/mol. The molecule has 9 nitrogen and oxygen atoms in total. The molecule has 2 N–H and O–H groups in total. The lowest BCUT2D eigenvalue weighted by Crippen LogP contribution is -2.46. The van der Waals surface area contributed by atoms with E-state index in [9.17, 15) is 22.8 Å². The molecule has 1 unspecified atom stereocenters. The second-order valence-corrected chi connectivity index (χ2v) is 10.00. The second kappa shape index (κ2) is 11.2. The van der Waals surface area contributed by atoms with Crippen molar-refractivity contribution >= 4 is 29.1 Å². The van der Waals surface area contributed by atoms with Gasteiger partial charge in [-0.3, -0.25) is 4.90 Å². The van der Waals surface area contributed by atoms with Gasteiger partial charge in [0.2, 0.25) is 0 Å². The molecule has 38 heavy (non-hydrogen) atoms. The van der Waals surface area contributed by atoms with Gasteiger partial charge in [0, 0.05) is 36.3 Å². The molecule has 1 fully saturated rings. The van der Waals surface area contributed by atoms with Crippen LogP contribution in [0.3, 0.4) is 0 Å². The van der Waals surface area contributed by atoms with E-state index in [-0.39, 0.29) is 31.0 Å². The summed E-state index contributed by atoms with van der Waals surface area (Å²) < 4.78 is 53.3. The molecule has 0 aliphatic carbocycles. The van der Waals surface area contributed by atoms with Crippen molar-refractivity contribution in [2.45, 2.75) is 37.8 Å². The predicted octanol–water partition coefficient (Wildman–Crippen LogP) is 3.18. The topological polar surface area (TPSA) is 113 Å². The first kappa shape index (κ1) is 27.7. The lowest BCUT2D eigenvalue weighted by atomic mass is 9.82. The molecule has 13 heteroatoms. The fourth-order valence-electron chi connectivity index (χ4n) is 4.67. The van der Waals surface area contributed by atoms with E-state index in [1.54, 1.807) is 25.4 Å². The van der Waals surface area contributed by atoms with Gasteiger partial charge >= 0.3 is 11.9 Å². The molecule has 204 valence electrons. The third-order valence-corrected chi connectivity index (χ3v) is 7.08. The van der Waals surface area contributed by atoms with Crippen LogP contribution in [0.1, 0.15) is 30.8 Å². The number of carbonyl (C=O) groups excluding carboxylic acids is 1. The van der Waals surface area contributed by atoms with Crippen LogP contribution in [0.4, 0.5) is 13.2 Å². The van der Waals surface area contributed by atoms with Crippen LogP contribution in [0.5, 0.6) is 0 Å². The number of aliphatic imine (C=N–C) groups is 1. The number of nitrogens with one attached hydrogen (secondary N) is 1. The standard InChI is InChI=1S/C25H27F3N4O5S/c1-3-37-23(35)20-18(11-32-14-25(27,28)10-17(32)12-36-13-19(33)34)30-21(22-29-8-9-38-22)31-24(20,2)15-4-6-16(26)7-5-15/h4-9,17H,3,10-14H2,1-2H3,(H,30,31)(H,33,34)/t17?,24-/m0/s1. The Hall–Kier alpha value is -3.29. The number of carboxylic acids is 1. The molecule has 0 saturated carbocycles. The van der Waals surface area contributed by atoms with Crippen molar-refractivity contribution in [3.63, 3.8) is 0 Å². The van der Waals surface area contributed by atoms with Gasteiger partial charge in [-0.05, 0) is 31.5 Å². The summed E-state index contributed by atoms with van der Waals surface area (Å²) in [6, 6.07) is 4.71. The van der Waals surface area contributed by atoms with Crippen LogP contribution in [-0.4, -0.2) is 77.6 Å². The smallest absolute Gasteiger partial charge is 0.338 e. The number of likely N-dealkylation sites (tertiary alicyclic amines) is 1. The Kier molecular flexibility index (Phi) is 8.19. The van der Waals surface area contributed by atoms with Gasteiger partial charge in [0.05, 0.1) is 25.3 Å². The molecule has 2 aromatic rings. The van der Waals surface area contributed by atoms with Crippen LogP contribution in [0.25, 0.3) is 0 Å². The van der Waals surface area contributed by atoms with Gasteiger partial charge in [-0.2, -0.15) is 0 Å². The maximum Gasteiger partial charge on any atom is 0.338 e. The summed E-state index contributed by atoms with van der Waals surface area (Å²) in [6.45, 7) is 1.78. The highest BCUT2D eigenvalue weighted by atomic mass is 32.1. The lowest BCUT2D eigenvalue weighted by molar-refractivity contribution is -0.143.